The summed E-state index contributed by atoms with van der Waals surface area (Å²) in [6, 6.07) is 20.8. The summed E-state index contributed by atoms with van der Waals surface area (Å²) in [6.45, 7) is 0. The second kappa shape index (κ2) is 9.67. The first-order chi connectivity index (χ1) is 16.4. The molecule has 4 rings (SSSR count). The van der Waals surface area contributed by atoms with Crippen LogP contribution in [0.2, 0.25) is 0 Å². The molecule has 0 aliphatic rings. The number of ether oxygens (including phenoxy) is 2. The number of nitrogens with zero attached hydrogens (tertiary/aromatic N) is 2. The van der Waals surface area contributed by atoms with Gasteiger partial charge in [-0.1, -0.05) is 36.4 Å². The van der Waals surface area contributed by atoms with Crippen molar-refractivity contribution >= 4 is 27.3 Å². The lowest BCUT2D eigenvalue weighted by Gasteiger charge is -2.16. The molecular weight excluding hydrogens is 456 g/mol. The standard InChI is InChI=1S/C24H22N4O5S/c1-32-22-14-21(23(33-2)13-20(22)26-24(29)17-9-5-3-6-10-17)27-34(30,31)19-15-25-28(16-19)18-11-7-4-8-12-18/h3-16,27H,1-2H3,(H,26,29). The van der Waals surface area contributed by atoms with E-state index < -0.39 is 10.0 Å². The van der Waals surface area contributed by atoms with Gasteiger partial charge in [0.2, 0.25) is 0 Å². The molecule has 0 unspecified atom stereocenters. The van der Waals surface area contributed by atoms with Gasteiger partial charge in [0.1, 0.15) is 16.4 Å². The van der Waals surface area contributed by atoms with Crippen LogP contribution in [0.4, 0.5) is 11.4 Å². The van der Waals surface area contributed by atoms with Gasteiger partial charge in [0, 0.05) is 17.7 Å². The molecule has 0 radical (unpaired) electrons. The van der Waals surface area contributed by atoms with Gasteiger partial charge in [-0.05, 0) is 24.3 Å². The van der Waals surface area contributed by atoms with Gasteiger partial charge in [-0.15, -0.1) is 0 Å². The zero-order valence-corrected chi connectivity index (χ0v) is 19.2. The molecule has 0 fully saturated rings. The summed E-state index contributed by atoms with van der Waals surface area (Å²) < 4.78 is 40.8. The number of rotatable bonds is 8. The molecule has 0 bridgehead atoms. The molecule has 1 aromatic heterocycles. The molecule has 3 aromatic carbocycles. The number of nitrogens with one attached hydrogen (secondary N) is 2. The number of aromatic nitrogens is 2. The molecule has 0 aliphatic carbocycles. The molecule has 0 aliphatic heterocycles. The van der Waals surface area contributed by atoms with Crippen molar-refractivity contribution in [3.63, 3.8) is 0 Å². The van der Waals surface area contributed by atoms with Gasteiger partial charge in [0.25, 0.3) is 15.9 Å². The molecule has 1 amide bonds. The summed E-state index contributed by atoms with van der Waals surface area (Å²) in [5.74, 6) is 0.105. The van der Waals surface area contributed by atoms with Crippen LogP contribution in [0, 0.1) is 0 Å². The average molecular weight is 479 g/mol. The first-order valence-electron chi connectivity index (χ1n) is 10.2. The third kappa shape index (κ3) is 4.86. The number of carbonyl (C=O) groups excluding carboxylic acids is 1. The maximum absolute atomic E-state index is 13.0. The Balaban J connectivity index is 1.61. The van der Waals surface area contributed by atoms with E-state index in [1.807, 2.05) is 36.4 Å². The van der Waals surface area contributed by atoms with Gasteiger partial charge >= 0.3 is 0 Å². The molecule has 0 saturated carbocycles. The van der Waals surface area contributed by atoms with Crippen molar-refractivity contribution in [3.05, 3.63) is 90.8 Å². The molecule has 0 saturated heterocycles. The Morgan fingerprint density at radius 1 is 0.882 bits per heavy atom. The number of carbonyl (C=O) groups is 1. The second-order valence-electron chi connectivity index (χ2n) is 7.13. The smallest absolute Gasteiger partial charge is 0.265 e. The van der Waals surface area contributed by atoms with Crippen molar-refractivity contribution in [2.75, 3.05) is 24.3 Å². The number of amides is 1. The molecule has 2 N–H and O–H groups in total. The van der Waals surface area contributed by atoms with E-state index in [1.165, 1.54) is 43.4 Å². The van der Waals surface area contributed by atoms with Crippen molar-refractivity contribution < 1.29 is 22.7 Å². The summed E-state index contributed by atoms with van der Waals surface area (Å²) in [7, 11) is -1.18. The molecule has 0 spiro atoms. The van der Waals surface area contributed by atoms with Crippen LogP contribution in [0.3, 0.4) is 0 Å². The highest BCUT2D eigenvalue weighted by Gasteiger charge is 2.21. The minimum atomic E-state index is -3.99. The van der Waals surface area contributed by atoms with Crippen molar-refractivity contribution in [3.8, 4) is 17.2 Å². The zero-order valence-electron chi connectivity index (χ0n) is 18.4. The van der Waals surface area contributed by atoms with E-state index in [0.717, 1.165) is 5.69 Å². The van der Waals surface area contributed by atoms with Crippen molar-refractivity contribution in [1.29, 1.82) is 0 Å². The summed E-state index contributed by atoms with van der Waals surface area (Å²) in [5, 5.41) is 6.90. The summed E-state index contributed by atoms with van der Waals surface area (Å²) in [5.41, 5.74) is 1.66. The number of hydrogen-bond donors (Lipinski definition) is 2. The first kappa shape index (κ1) is 22.9. The number of anilines is 2. The van der Waals surface area contributed by atoms with E-state index in [1.54, 1.807) is 24.3 Å². The maximum atomic E-state index is 13.0. The molecule has 9 nitrogen and oxygen atoms in total. The third-order valence-electron chi connectivity index (χ3n) is 4.94. The average Bonchev–Trinajstić information content (AvgIpc) is 3.37. The predicted molar refractivity (Wildman–Crippen MR) is 128 cm³/mol. The van der Waals surface area contributed by atoms with Crippen molar-refractivity contribution in [1.82, 2.24) is 9.78 Å². The normalized spacial score (nSPS) is 11.0. The van der Waals surface area contributed by atoms with E-state index in [0.29, 0.717) is 11.3 Å². The van der Waals surface area contributed by atoms with Gasteiger partial charge in [-0.2, -0.15) is 5.10 Å². The van der Waals surface area contributed by atoms with E-state index in [4.69, 9.17) is 9.47 Å². The lowest BCUT2D eigenvalue weighted by Crippen LogP contribution is -2.15. The largest absolute Gasteiger partial charge is 0.494 e. The van der Waals surface area contributed by atoms with Crippen LogP contribution in [0.25, 0.3) is 5.69 Å². The Morgan fingerprint density at radius 2 is 1.47 bits per heavy atom. The Bertz CT molecular complexity index is 1400. The predicted octanol–water partition coefficient (Wildman–Crippen LogP) is 3.94. The minimum Gasteiger partial charge on any atom is -0.494 e. The molecule has 10 heteroatoms. The van der Waals surface area contributed by atoms with Gasteiger partial charge in [0.05, 0.1) is 43.7 Å². The van der Waals surface area contributed by atoms with E-state index in [9.17, 15) is 13.2 Å². The number of methoxy groups -OCH3 is 2. The Hall–Kier alpha value is -4.31. The molecule has 174 valence electrons. The number of sulfonamides is 1. The van der Waals surface area contributed by atoms with Crippen molar-refractivity contribution in [2.24, 2.45) is 0 Å². The number of para-hydroxylation sites is 1. The summed E-state index contributed by atoms with van der Waals surface area (Å²) in [6.07, 6.45) is 2.67. The fourth-order valence-electron chi connectivity index (χ4n) is 3.23. The maximum Gasteiger partial charge on any atom is 0.265 e. The third-order valence-corrected chi connectivity index (χ3v) is 6.26. The number of hydrogen-bond acceptors (Lipinski definition) is 6. The summed E-state index contributed by atoms with van der Waals surface area (Å²) in [4.78, 5) is 12.5. The van der Waals surface area contributed by atoms with Crippen LogP contribution in [0.1, 0.15) is 10.4 Å². The Kier molecular flexibility index (Phi) is 6.51. The van der Waals surface area contributed by atoms with E-state index in [-0.39, 0.29) is 28.0 Å². The quantitative estimate of drug-likeness (QED) is 0.397. The zero-order chi connectivity index (χ0) is 24.1. The van der Waals surface area contributed by atoms with Crippen LogP contribution in [-0.2, 0) is 10.0 Å². The highest BCUT2D eigenvalue weighted by molar-refractivity contribution is 7.92. The van der Waals surface area contributed by atoms with E-state index in [2.05, 4.69) is 15.1 Å². The fourth-order valence-corrected chi connectivity index (χ4v) is 4.22. The highest BCUT2D eigenvalue weighted by Crippen LogP contribution is 2.37. The van der Waals surface area contributed by atoms with Gasteiger partial charge < -0.3 is 14.8 Å². The molecule has 0 atom stereocenters. The number of benzene rings is 3. The van der Waals surface area contributed by atoms with Gasteiger partial charge in [0.15, 0.2) is 0 Å². The van der Waals surface area contributed by atoms with Gasteiger partial charge in [-0.3, -0.25) is 9.52 Å². The Morgan fingerprint density at radius 3 is 2.12 bits per heavy atom. The van der Waals surface area contributed by atoms with E-state index >= 15 is 0 Å². The molecule has 34 heavy (non-hydrogen) atoms. The Labute approximate surface area is 197 Å². The first-order valence-corrected chi connectivity index (χ1v) is 11.6. The second-order valence-corrected chi connectivity index (χ2v) is 8.82. The lowest BCUT2D eigenvalue weighted by molar-refractivity contribution is 0.102. The topological polar surface area (TPSA) is 112 Å². The van der Waals surface area contributed by atoms with Gasteiger partial charge in [-0.25, -0.2) is 13.1 Å². The molecule has 1 heterocycles. The minimum absolute atomic E-state index is 0.0289. The summed E-state index contributed by atoms with van der Waals surface area (Å²) >= 11 is 0. The van der Waals surface area contributed by atoms with Crippen LogP contribution < -0.4 is 19.5 Å². The van der Waals surface area contributed by atoms with Crippen LogP contribution in [0.5, 0.6) is 11.5 Å². The lowest BCUT2D eigenvalue weighted by atomic mass is 10.2. The van der Waals surface area contributed by atoms with Crippen molar-refractivity contribution in [2.45, 2.75) is 4.90 Å². The fraction of sp³-hybridized carbons (Fsp3) is 0.0833. The van der Waals surface area contributed by atoms with Crippen LogP contribution in [0.15, 0.2) is 90.1 Å². The monoisotopic (exact) mass is 478 g/mol. The van der Waals surface area contributed by atoms with Crippen LogP contribution >= 0.6 is 0 Å². The molecule has 4 aromatic rings. The van der Waals surface area contributed by atoms with Crippen LogP contribution in [-0.4, -0.2) is 38.3 Å². The molecular formula is C24H22N4O5S. The highest BCUT2D eigenvalue weighted by atomic mass is 32.2. The SMILES string of the molecule is COc1cc(NS(=O)(=O)c2cnn(-c3ccccc3)c2)c(OC)cc1NC(=O)c1ccccc1.